The first kappa shape index (κ1) is 13.3. The van der Waals surface area contributed by atoms with Gasteiger partial charge in [-0.25, -0.2) is 0 Å². The molecule has 0 bridgehead atoms. The van der Waals surface area contributed by atoms with Crippen LogP contribution < -0.4 is 10.6 Å². The van der Waals surface area contributed by atoms with Gasteiger partial charge in [-0.1, -0.05) is 6.92 Å². The predicted molar refractivity (Wildman–Crippen MR) is 53.8 cm³/mol. The second kappa shape index (κ2) is 5.52. The van der Waals surface area contributed by atoms with Crippen LogP contribution in [0.5, 0.6) is 0 Å². The van der Waals surface area contributed by atoms with Crippen LogP contribution >= 0.6 is 0 Å². The van der Waals surface area contributed by atoms with Gasteiger partial charge in [-0.15, -0.1) is 0 Å². The molecule has 0 aromatic rings. The summed E-state index contributed by atoms with van der Waals surface area (Å²) in [7, 11) is 0. The zero-order valence-electron chi connectivity index (χ0n) is 9.23. The summed E-state index contributed by atoms with van der Waals surface area (Å²) in [5.74, 6) is 0.00757. The zero-order chi connectivity index (χ0) is 12.2. The van der Waals surface area contributed by atoms with Gasteiger partial charge in [-0.05, 0) is 18.9 Å². The normalized spacial score (nSPS) is 25.8. The maximum absolute atomic E-state index is 11.8. The Morgan fingerprint density at radius 2 is 2.12 bits per heavy atom. The van der Waals surface area contributed by atoms with Crippen LogP contribution in [0.15, 0.2) is 0 Å². The molecule has 16 heavy (non-hydrogen) atoms. The standard InChI is InChI=1S/C10H17F3N2O/c1-7-5-14-6-8(7)9(16)15-4-2-3-10(11,12)13/h7-8,14H,2-6H2,1H3,(H,15,16)/t7-,8-/m1/s1. The van der Waals surface area contributed by atoms with Crippen LogP contribution in [0.2, 0.25) is 0 Å². The fourth-order valence-corrected chi connectivity index (χ4v) is 1.79. The van der Waals surface area contributed by atoms with Crippen molar-refractivity contribution in [3.63, 3.8) is 0 Å². The molecule has 0 unspecified atom stereocenters. The Kier molecular flexibility index (Phi) is 4.58. The van der Waals surface area contributed by atoms with Crippen molar-refractivity contribution in [3.05, 3.63) is 0 Å². The van der Waals surface area contributed by atoms with E-state index >= 15 is 0 Å². The lowest BCUT2D eigenvalue weighted by Crippen LogP contribution is -2.35. The van der Waals surface area contributed by atoms with Crippen molar-refractivity contribution < 1.29 is 18.0 Å². The number of nitrogens with one attached hydrogen (secondary N) is 2. The average molecular weight is 238 g/mol. The molecule has 1 fully saturated rings. The molecule has 0 aromatic carbocycles. The van der Waals surface area contributed by atoms with Crippen molar-refractivity contribution in [2.24, 2.45) is 11.8 Å². The van der Waals surface area contributed by atoms with Gasteiger partial charge in [0.15, 0.2) is 0 Å². The number of alkyl halides is 3. The van der Waals surface area contributed by atoms with Gasteiger partial charge in [-0.2, -0.15) is 13.2 Å². The summed E-state index contributed by atoms with van der Waals surface area (Å²) in [6.45, 7) is 3.47. The molecule has 0 aromatic heterocycles. The summed E-state index contributed by atoms with van der Waals surface area (Å²) in [4.78, 5) is 11.5. The van der Waals surface area contributed by atoms with Gasteiger partial charge in [0.2, 0.25) is 5.91 Å². The minimum absolute atomic E-state index is 0.0518. The minimum atomic E-state index is -4.13. The molecular formula is C10H17F3N2O. The smallest absolute Gasteiger partial charge is 0.356 e. The Bertz CT molecular complexity index is 243. The number of carbonyl (C=O) groups excluding carboxylic acids is 1. The van der Waals surface area contributed by atoms with E-state index in [0.717, 1.165) is 6.54 Å². The molecule has 2 N–H and O–H groups in total. The zero-order valence-corrected chi connectivity index (χ0v) is 9.23. The maximum atomic E-state index is 11.8. The van der Waals surface area contributed by atoms with Crippen LogP contribution in [-0.2, 0) is 4.79 Å². The summed E-state index contributed by atoms with van der Waals surface area (Å²) in [5, 5.41) is 5.63. The first-order valence-corrected chi connectivity index (χ1v) is 5.45. The van der Waals surface area contributed by atoms with Crippen LogP contribution in [0, 0.1) is 11.8 Å². The van der Waals surface area contributed by atoms with Crippen LogP contribution in [0.3, 0.4) is 0 Å². The third kappa shape index (κ3) is 4.38. The highest BCUT2D eigenvalue weighted by Crippen LogP contribution is 2.21. The van der Waals surface area contributed by atoms with Crippen molar-refractivity contribution >= 4 is 5.91 Å². The van der Waals surface area contributed by atoms with Gasteiger partial charge in [-0.3, -0.25) is 4.79 Å². The SMILES string of the molecule is C[C@@H]1CNC[C@H]1C(=O)NCCCC(F)(F)F. The number of hydrogen-bond acceptors (Lipinski definition) is 2. The third-order valence-electron chi connectivity index (χ3n) is 2.79. The van der Waals surface area contributed by atoms with Crippen molar-refractivity contribution in [2.75, 3.05) is 19.6 Å². The molecular weight excluding hydrogens is 221 g/mol. The van der Waals surface area contributed by atoms with Crippen molar-refractivity contribution in [1.82, 2.24) is 10.6 Å². The summed E-state index contributed by atoms with van der Waals surface area (Å²) in [5.41, 5.74) is 0. The van der Waals surface area contributed by atoms with Gasteiger partial charge < -0.3 is 10.6 Å². The Morgan fingerprint density at radius 1 is 1.44 bits per heavy atom. The van der Waals surface area contributed by atoms with Crippen molar-refractivity contribution in [3.8, 4) is 0 Å². The molecule has 2 atom stereocenters. The first-order chi connectivity index (χ1) is 7.40. The molecule has 6 heteroatoms. The Labute approximate surface area is 92.8 Å². The summed E-state index contributed by atoms with van der Waals surface area (Å²) in [6, 6.07) is 0. The number of amides is 1. The highest BCUT2D eigenvalue weighted by Gasteiger charge is 2.30. The molecule has 94 valence electrons. The van der Waals surface area contributed by atoms with E-state index in [1.807, 2.05) is 6.92 Å². The molecule has 1 heterocycles. The molecule has 0 radical (unpaired) electrons. The van der Waals surface area contributed by atoms with E-state index in [1.165, 1.54) is 0 Å². The Hall–Kier alpha value is -0.780. The number of carbonyl (C=O) groups is 1. The summed E-state index contributed by atoms with van der Waals surface area (Å²) in [6.07, 6.45) is -5.03. The lowest BCUT2D eigenvalue weighted by Gasteiger charge is -2.14. The van der Waals surface area contributed by atoms with E-state index in [1.54, 1.807) is 0 Å². The number of rotatable bonds is 4. The van der Waals surface area contributed by atoms with Crippen LogP contribution in [-0.4, -0.2) is 31.7 Å². The topological polar surface area (TPSA) is 41.1 Å². The van der Waals surface area contributed by atoms with E-state index in [-0.39, 0.29) is 30.7 Å². The second-order valence-electron chi connectivity index (χ2n) is 4.25. The van der Waals surface area contributed by atoms with Gasteiger partial charge in [0.1, 0.15) is 0 Å². The average Bonchev–Trinajstić information content (AvgIpc) is 2.57. The summed E-state index contributed by atoms with van der Waals surface area (Å²) < 4.78 is 35.5. The van der Waals surface area contributed by atoms with Crippen LogP contribution in [0.1, 0.15) is 19.8 Å². The molecule has 1 aliphatic heterocycles. The van der Waals surface area contributed by atoms with E-state index < -0.39 is 12.6 Å². The van der Waals surface area contributed by atoms with Gasteiger partial charge >= 0.3 is 6.18 Å². The molecule has 0 saturated carbocycles. The Balaban J connectivity index is 2.15. The molecule has 1 rings (SSSR count). The van der Waals surface area contributed by atoms with E-state index in [2.05, 4.69) is 10.6 Å². The van der Waals surface area contributed by atoms with Gasteiger partial charge in [0.25, 0.3) is 0 Å². The fraction of sp³-hybridized carbons (Fsp3) is 0.900. The maximum Gasteiger partial charge on any atom is 0.389 e. The van der Waals surface area contributed by atoms with Gasteiger partial charge in [0, 0.05) is 19.5 Å². The molecule has 1 saturated heterocycles. The second-order valence-corrected chi connectivity index (χ2v) is 4.25. The van der Waals surface area contributed by atoms with E-state index in [0.29, 0.717) is 6.54 Å². The van der Waals surface area contributed by atoms with E-state index in [9.17, 15) is 18.0 Å². The fourth-order valence-electron chi connectivity index (χ4n) is 1.79. The number of hydrogen-bond donors (Lipinski definition) is 2. The minimum Gasteiger partial charge on any atom is -0.356 e. The highest BCUT2D eigenvalue weighted by molar-refractivity contribution is 5.79. The molecule has 0 spiro atoms. The quantitative estimate of drug-likeness (QED) is 0.725. The first-order valence-electron chi connectivity index (χ1n) is 5.45. The van der Waals surface area contributed by atoms with Crippen LogP contribution in [0.25, 0.3) is 0 Å². The Morgan fingerprint density at radius 3 is 2.62 bits per heavy atom. The van der Waals surface area contributed by atoms with Crippen LogP contribution in [0.4, 0.5) is 13.2 Å². The van der Waals surface area contributed by atoms with E-state index in [4.69, 9.17) is 0 Å². The lowest BCUT2D eigenvalue weighted by atomic mass is 9.97. The van der Waals surface area contributed by atoms with Crippen molar-refractivity contribution in [1.29, 1.82) is 0 Å². The predicted octanol–water partition coefficient (Wildman–Crippen LogP) is 1.30. The largest absolute Gasteiger partial charge is 0.389 e. The third-order valence-corrected chi connectivity index (χ3v) is 2.79. The number of halogens is 3. The highest BCUT2D eigenvalue weighted by atomic mass is 19.4. The monoisotopic (exact) mass is 238 g/mol. The lowest BCUT2D eigenvalue weighted by molar-refractivity contribution is -0.136. The summed E-state index contributed by atoms with van der Waals surface area (Å²) >= 11 is 0. The molecule has 0 aliphatic carbocycles. The molecule has 3 nitrogen and oxygen atoms in total. The van der Waals surface area contributed by atoms with Crippen molar-refractivity contribution in [2.45, 2.75) is 25.9 Å². The molecule has 1 amide bonds. The van der Waals surface area contributed by atoms with Gasteiger partial charge in [0.05, 0.1) is 5.92 Å². The molecule has 1 aliphatic rings.